The van der Waals surface area contributed by atoms with Crippen molar-refractivity contribution < 1.29 is 28.1 Å². The normalized spacial score (nSPS) is 23.8. The number of alkyl halides is 3. The summed E-state index contributed by atoms with van der Waals surface area (Å²) in [6.45, 7) is 1.81. The Morgan fingerprint density at radius 2 is 1.75 bits per heavy atom. The van der Waals surface area contributed by atoms with Crippen LogP contribution in [-0.2, 0) is 28.5 Å². The molecule has 32 heavy (non-hydrogen) atoms. The number of hydrogen-bond donors (Lipinski definition) is 2. The van der Waals surface area contributed by atoms with Crippen molar-refractivity contribution in [3.63, 3.8) is 0 Å². The molecule has 1 fully saturated rings. The molecule has 3 aromatic rings. The fourth-order valence-electron chi connectivity index (χ4n) is 5.19. The summed E-state index contributed by atoms with van der Waals surface area (Å²) in [5, 5.41) is 31.3. The number of benzene rings is 2. The Balaban J connectivity index is 1.69. The topological polar surface area (TPSA) is 78.4 Å². The zero-order chi connectivity index (χ0) is 22.9. The van der Waals surface area contributed by atoms with Crippen molar-refractivity contribution in [2.24, 2.45) is 0 Å². The summed E-state index contributed by atoms with van der Waals surface area (Å²) in [5.74, 6) is -0.706. The number of rotatable bonds is 3. The SMILES string of the molecule is C[C@]12CC[C@](Cc3ccccc3)(O1)c1c2c(O)n(-c2ccc(C#N)c(C(F)(F)F)c2)c1O. The Morgan fingerprint density at radius 1 is 1.06 bits per heavy atom. The molecule has 0 aliphatic carbocycles. The maximum atomic E-state index is 13.5. The van der Waals surface area contributed by atoms with E-state index in [9.17, 15) is 23.4 Å². The zero-order valence-electron chi connectivity index (χ0n) is 17.1. The lowest BCUT2D eigenvalue weighted by Crippen LogP contribution is -2.25. The molecule has 2 N–H and O–H groups in total. The third-order valence-electron chi connectivity index (χ3n) is 6.55. The monoisotopic (exact) mass is 440 g/mol. The molecule has 1 aromatic heterocycles. The second-order valence-electron chi connectivity index (χ2n) is 8.56. The van der Waals surface area contributed by atoms with E-state index in [0.29, 0.717) is 30.4 Å². The third-order valence-corrected chi connectivity index (χ3v) is 6.55. The highest BCUT2D eigenvalue weighted by molar-refractivity contribution is 5.62. The molecule has 2 aliphatic rings. The first-order chi connectivity index (χ1) is 15.1. The van der Waals surface area contributed by atoms with E-state index in [1.54, 1.807) is 0 Å². The number of nitrogens with zero attached hydrogens (tertiary/aromatic N) is 2. The maximum Gasteiger partial charge on any atom is 0.417 e. The Morgan fingerprint density at radius 3 is 2.41 bits per heavy atom. The summed E-state index contributed by atoms with van der Waals surface area (Å²) in [6.07, 6.45) is -3.10. The highest BCUT2D eigenvalue weighted by Crippen LogP contribution is 2.65. The number of ether oxygens (including phenoxy) is 1. The Bertz CT molecular complexity index is 1280. The van der Waals surface area contributed by atoms with Crippen molar-refractivity contribution in [1.29, 1.82) is 5.26 Å². The molecule has 2 aliphatic heterocycles. The average molecular weight is 440 g/mol. The van der Waals surface area contributed by atoms with Crippen LogP contribution in [-0.4, -0.2) is 14.8 Å². The molecule has 0 unspecified atom stereocenters. The first kappa shape index (κ1) is 20.5. The van der Waals surface area contributed by atoms with Crippen LogP contribution in [0.2, 0.25) is 0 Å². The molecule has 5 rings (SSSR count). The molecular formula is C24H19F3N2O3. The smallest absolute Gasteiger partial charge is 0.417 e. The number of halogens is 3. The summed E-state index contributed by atoms with van der Waals surface area (Å²) in [7, 11) is 0. The minimum atomic E-state index is -4.76. The van der Waals surface area contributed by atoms with Crippen molar-refractivity contribution in [2.75, 3.05) is 0 Å². The molecule has 3 heterocycles. The Hall–Kier alpha value is -3.44. The van der Waals surface area contributed by atoms with Gasteiger partial charge in [0.05, 0.1) is 39.6 Å². The predicted molar refractivity (Wildman–Crippen MR) is 108 cm³/mol. The van der Waals surface area contributed by atoms with Crippen LogP contribution in [0.25, 0.3) is 5.69 Å². The van der Waals surface area contributed by atoms with E-state index in [-0.39, 0.29) is 17.4 Å². The van der Waals surface area contributed by atoms with Crippen LogP contribution in [0.4, 0.5) is 13.2 Å². The van der Waals surface area contributed by atoms with Crippen LogP contribution in [0.1, 0.15) is 47.6 Å². The van der Waals surface area contributed by atoms with Gasteiger partial charge in [-0.05, 0) is 43.5 Å². The number of aromatic hydroxyl groups is 2. The average Bonchev–Trinajstić information content (AvgIpc) is 3.32. The van der Waals surface area contributed by atoms with E-state index in [4.69, 9.17) is 10.00 Å². The number of aromatic nitrogens is 1. The van der Waals surface area contributed by atoms with Crippen molar-refractivity contribution in [1.82, 2.24) is 4.57 Å². The second-order valence-corrected chi connectivity index (χ2v) is 8.56. The highest BCUT2D eigenvalue weighted by Gasteiger charge is 2.61. The summed E-state index contributed by atoms with van der Waals surface area (Å²) >= 11 is 0. The van der Waals surface area contributed by atoms with E-state index >= 15 is 0 Å². The number of hydrogen-bond acceptors (Lipinski definition) is 4. The first-order valence-corrected chi connectivity index (χ1v) is 10.1. The zero-order valence-corrected chi connectivity index (χ0v) is 17.1. The Kier molecular flexibility index (Phi) is 4.18. The van der Waals surface area contributed by atoms with Gasteiger partial charge in [0, 0.05) is 6.42 Å². The molecule has 2 bridgehead atoms. The molecule has 0 saturated carbocycles. The van der Waals surface area contributed by atoms with Crippen LogP contribution in [0.5, 0.6) is 11.8 Å². The van der Waals surface area contributed by atoms with Crippen molar-refractivity contribution in [2.45, 2.75) is 43.6 Å². The van der Waals surface area contributed by atoms with Gasteiger partial charge in [0.25, 0.3) is 0 Å². The van der Waals surface area contributed by atoms with Gasteiger partial charge in [-0.1, -0.05) is 30.3 Å². The van der Waals surface area contributed by atoms with Gasteiger partial charge in [0.15, 0.2) is 0 Å². The van der Waals surface area contributed by atoms with Crippen molar-refractivity contribution in [3.8, 4) is 23.5 Å². The van der Waals surface area contributed by atoms with Gasteiger partial charge in [-0.3, -0.25) is 4.57 Å². The van der Waals surface area contributed by atoms with E-state index in [0.717, 1.165) is 22.3 Å². The first-order valence-electron chi connectivity index (χ1n) is 10.1. The van der Waals surface area contributed by atoms with Gasteiger partial charge in [0.2, 0.25) is 11.8 Å². The van der Waals surface area contributed by atoms with Crippen LogP contribution in [0.15, 0.2) is 48.5 Å². The molecule has 8 heteroatoms. The van der Waals surface area contributed by atoms with Gasteiger partial charge < -0.3 is 14.9 Å². The fraction of sp³-hybridized carbons (Fsp3) is 0.292. The molecular weight excluding hydrogens is 421 g/mol. The second kappa shape index (κ2) is 6.53. The molecule has 1 saturated heterocycles. The molecule has 0 amide bonds. The largest absolute Gasteiger partial charge is 0.494 e. The quantitative estimate of drug-likeness (QED) is 0.583. The molecule has 164 valence electrons. The molecule has 0 spiro atoms. The summed E-state index contributed by atoms with van der Waals surface area (Å²) in [5.41, 5.74) is -1.72. The van der Waals surface area contributed by atoms with Crippen LogP contribution < -0.4 is 0 Å². The third kappa shape index (κ3) is 2.74. The standard InChI is InChI=1S/C24H19F3N2O3/c1-22-9-10-23(32-22,12-14-5-3-2-4-6-14)19-18(22)20(30)29(21(19)31)16-8-7-15(13-28)17(11-16)24(25,26)27/h2-8,11,30-31H,9-10,12H2,1H3/t22-,23-/m1/s1. The van der Waals surface area contributed by atoms with Gasteiger partial charge in [-0.15, -0.1) is 0 Å². The molecule has 2 atom stereocenters. The van der Waals surface area contributed by atoms with E-state index in [1.807, 2.05) is 37.3 Å². The van der Waals surface area contributed by atoms with Crippen LogP contribution in [0, 0.1) is 11.3 Å². The summed E-state index contributed by atoms with van der Waals surface area (Å²) < 4.78 is 47.8. The van der Waals surface area contributed by atoms with Gasteiger partial charge in [-0.25, -0.2) is 0 Å². The summed E-state index contributed by atoms with van der Waals surface area (Å²) in [6, 6.07) is 14.2. The lowest BCUT2D eigenvalue weighted by atomic mass is 9.76. The Labute approximate surface area is 181 Å². The van der Waals surface area contributed by atoms with E-state index in [1.165, 1.54) is 12.1 Å². The number of fused-ring (bicyclic) bond motifs is 5. The molecule has 0 radical (unpaired) electrons. The van der Waals surface area contributed by atoms with Crippen LogP contribution >= 0.6 is 0 Å². The molecule has 2 aromatic carbocycles. The lowest BCUT2D eigenvalue weighted by Gasteiger charge is -2.26. The van der Waals surface area contributed by atoms with Crippen LogP contribution in [0.3, 0.4) is 0 Å². The predicted octanol–water partition coefficient (Wildman–Crippen LogP) is 5.26. The number of nitriles is 1. The molecule has 5 nitrogen and oxygen atoms in total. The lowest BCUT2D eigenvalue weighted by molar-refractivity contribution is -0.137. The summed E-state index contributed by atoms with van der Waals surface area (Å²) in [4.78, 5) is 0. The maximum absolute atomic E-state index is 13.5. The van der Waals surface area contributed by atoms with Crippen molar-refractivity contribution in [3.05, 3.63) is 76.3 Å². The fourth-order valence-corrected chi connectivity index (χ4v) is 5.19. The van der Waals surface area contributed by atoms with E-state index < -0.39 is 28.5 Å². The van der Waals surface area contributed by atoms with Crippen molar-refractivity contribution >= 4 is 0 Å². The minimum absolute atomic E-state index is 0.0846. The van der Waals surface area contributed by atoms with Gasteiger partial charge in [-0.2, -0.15) is 18.4 Å². The highest BCUT2D eigenvalue weighted by atomic mass is 19.4. The van der Waals surface area contributed by atoms with Gasteiger partial charge in [0.1, 0.15) is 5.60 Å². The minimum Gasteiger partial charge on any atom is -0.494 e. The van der Waals surface area contributed by atoms with Gasteiger partial charge >= 0.3 is 6.18 Å². The van der Waals surface area contributed by atoms with E-state index in [2.05, 4.69) is 0 Å².